The summed E-state index contributed by atoms with van der Waals surface area (Å²) in [5.41, 5.74) is 5.67. The Morgan fingerprint density at radius 3 is 2.42 bits per heavy atom. The van der Waals surface area contributed by atoms with Gasteiger partial charge in [0.05, 0.1) is 0 Å². The highest BCUT2D eigenvalue weighted by atomic mass is 15.1. The first-order valence-corrected chi connectivity index (χ1v) is 5.05. The van der Waals surface area contributed by atoms with Crippen LogP contribution in [0.15, 0.2) is 0 Å². The second kappa shape index (κ2) is 4.24. The van der Waals surface area contributed by atoms with Gasteiger partial charge in [0.1, 0.15) is 0 Å². The normalized spacial score (nSPS) is 29.5. The van der Waals surface area contributed by atoms with E-state index in [1.54, 1.807) is 0 Å². The van der Waals surface area contributed by atoms with Crippen LogP contribution in [0.3, 0.4) is 0 Å². The molecule has 0 aromatic rings. The van der Waals surface area contributed by atoms with Crippen molar-refractivity contribution in [2.24, 2.45) is 17.6 Å². The van der Waals surface area contributed by atoms with E-state index < -0.39 is 0 Å². The molecule has 72 valence electrons. The van der Waals surface area contributed by atoms with Gasteiger partial charge in [-0.3, -0.25) is 0 Å². The van der Waals surface area contributed by atoms with Gasteiger partial charge in [0.2, 0.25) is 0 Å². The van der Waals surface area contributed by atoms with E-state index in [1.807, 2.05) is 0 Å². The van der Waals surface area contributed by atoms with Crippen molar-refractivity contribution >= 4 is 0 Å². The van der Waals surface area contributed by atoms with Crippen molar-refractivity contribution in [2.45, 2.75) is 32.7 Å². The highest BCUT2D eigenvalue weighted by Gasteiger charge is 2.32. The standard InChI is InChI=1S/C10H22N2/c1-8(2)7-12(3)10-5-4-9(10)6-11/h8-10H,4-7,11H2,1-3H3. The highest BCUT2D eigenvalue weighted by Crippen LogP contribution is 2.30. The van der Waals surface area contributed by atoms with Crippen molar-refractivity contribution in [2.75, 3.05) is 20.1 Å². The van der Waals surface area contributed by atoms with Crippen LogP contribution in [0.4, 0.5) is 0 Å². The molecule has 2 unspecified atom stereocenters. The predicted molar refractivity (Wildman–Crippen MR) is 53.0 cm³/mol. The summed E-state index contributed by atoms with van der Waals surface area (Å²) in [6.07, 6.45) is 2.69. The molecule has 0 saturated heterocycles. The Balaban J connectivity index is 2.27. The van der Waals surface area contributed by atoms with Crippen molar-refractivity contribution in [1.82, 2.24) is 4.90 Å². The smallest absolute Gasteiger partial charge is 0.0133 e. The van der Waals surface area contributed by atoms with Gasteiger partial charge >= 0.3 is 0 Å². The van der Waals surface area contributed by atoms with Crippen molar-refractivity contribution in [1.29, 1.82) is 0 Å². The van der Waals surface area contributed by atoms with Crippen LogP contribution in [0.2, 0.25) is 0 Å². The lowest BCUT2D eigenvalue weighted by atomic mass is 9.78. The fraction of sp³-hybridized carbons (Fsp3) is 1.00. The zero-order valence-corrected chi connectivity index (χ0v) is 8.59. The van der Waals surface area contributed by atoms with Gasteiger partial charge in [-0.25, -0.2) is 0 Å². The molecule has 1 saturated carbocycles. The lowest BCUT2D eigenvalue weighted by Gasteiger charge is -2.42. The van der Waals surface area contributed by atoms with Crippen LogP contribution in [-0.4, -0.2) is 31.1 Å². The minimum absolute atomic E-state index is 0.772. The van der Waals surface area contributed by atoms with Gasteiger partial charge in [-0.1, -0.05) is 13.8 Å². The van der Waals surface area contributed by atoms with Crippen molar-refractivity contribution in [3.8, 4) is 0 Å². The Bertz CT molecular complexity index is 132. The summed E-state index contributed by atoms with van der Waals surface area (Å²) in [6.45, 7) is 6.62. The van der Waals surface area contributed by atoms with E-state index in [0.29, 0.717) is 0 Å². The van der Waals surface area contributed by atoms with E-state index in [4.69, 9.17) is 5.73 Å². The molecule has 1 rings (SSSR count). The summed E-state index contributed by atoms with van der Waals surface area (Å²) < 4.78 is 0. The monoisotopic (exact) mass is 170 g/mol. The van der Waals surface area contributed by atoms with E-state index in [9.17, 15) is 0 Å². The summed E-state index contributed by atoms with van der Waals surface area (Å²) in [6, 6.07) is 0.775. The molecule has 0 aromatic heterocycles. The first-order chi connectivity index (χ1) is 5.65. The molecular weight excluding hydrogens is 148 g/mol. The zero-order chi connectivity index (χ0) is 9.14. The maximum atomic E-state index is 5.67. The molecule has 0 bridgehead atoms. The van der Waals surface area contributed by atoms with Gasteiger partial charge < -0.3 is 10.6 Å². The van der Waals surface area contributed by atoms with E-state index in [1.165, 1.54) is 19.4 Å². The second-order valence-corrected chi connectivity index (χ2v) is 4.47. The topological polar surface area (TPSA) is 29.3 Å². The fourth-order valence-electron chi connectivity index (χ4n) is 2.12. The third-order valence-corrected chi connectivity index (χ3v) is 2.90. The van der Waals surface area contributed by atoms with Gasteiger partial charge in [-0.05, 0) is 38.3 Å². The van der Waals surface area contributed by atoms with Crippen LogP contribution in [0.25, 0.3) is 0 Å². The van der Waals surface area contributed by atoms with Crippen LogP contribution in [0.1, 0.15) is 26.7 Å². The lowest BCUT2D eigenvalue weighted by Crippen LogP contribution is -2.49. The second-order valence-electron chi connectivity index (χ2n) is 4.47. The average molecular weight is 170 g/mol. The first kappa shape index (κ1) is 10.0. The van der Waals surface area contributed by atoms with Crippen LogP contribution >= 0.6 is 0 Å². The van der Waals surface area contributed by atoms with Crippen LogP contribution in [0, 0.1) is 11.8 Å². The molecule has 2 heteroatoms. The van der Waals surface area contributed by atoms with E-state index in [0.717, 1.165) is 24.4 Å². The Morgan fingerprint density at radius 1 is 1.42 bits per heavy atom. The van der Waals surface area contributed by atoms with Gasteiger partial charge in [-0.2, -0.15) is 0 Å². The van der Waals surface area contributed by atoms with Crippen molar-refractivity contribution in [3.63, 3.8) is 0 Å². The predicted octanol–water partition coefficient (Wildman–Crippen LogP) is 1.31. The Morgan fingerprint density at radius 2 is 2.08 bits per heavy atom. The van der Waals surface area contributed by atoms with E-state index >= 15 is 0 Å². The SMILES string of the molecule is CC(C)CN(C)C1CCC1CN. The number of hydrogen-bond acceptors (Lipinski definition) is 2. The molecule has 2 atom stereocenters. The molecule has 0 heterocycles. The molecule has 0 aromatic carbocycles. The molecule has 0 amide bonds. The first-order valence-electron chi connectivity index (χ1n) is 5.05. The summed E-state index contributed by atoms with van der Waals surface area (Å²) in [7, 11) is 2.23. The van der Waals surface area contributed by atoms with Crippen molar-refractivity contribution < 1.29 is 0 Å². The number of rotatable bonds is 4. The third-order valence-electron chi connectivity index (χ3n) is 2.90. The van der Waals surface area contributed by atoms with Gasteiger partial charge in [0, 0.05) is 12.6 Å². The molecule has 0 aliphatic heterocycles. The lowest BCUT2D eigenvalue weighted by molar-refractivity contribution is 0.0802. The molecule has 12 heavy (non-hydrogen) atoms. The molecule has 1 aliphatic carbocycles. The summed E-state index contributed by atoms with van der Waals surface area (Å²) in [5.74, 6) is 1.54. The van der Waals surface area contributed by atoms with Crippen molar-refractivity contribution in [3.05, 3.63) is 0 Å². The number of hydrogen-bond donors (Lipinski definition) is 1. The maximum Gasteiger partial charge on any atom is 0.0133 e. The largest absolute Gasteiger partial charge is 0.330 e. The van der Waals surface area contributed by atoms with Gasteiger partial charge in [-0.15, -0.1) is 0 Å². The van der Waals surface area contributed by atoms with E-state index in [-0.39, 0.29) is 0 Å². The minimum atomic E-state index is 0.772. The number of nitrogens with zero attached hydrogens (tertiary/aromatic N) is 1. The average Bonchev–Trinajstić information content (AvgIpc) is 1.83. The Labute approximate surface area is 76.1 Å². The minimum Gasteiger partial charge on any atom is -0.330 e. The molecular formula is C10H22N2. The van der Waals surface area contributed by atoms with Crippen LogP contribution in [-0.2, 0) is 0 Å². The van der Waals surface area contributed by atoms with Crippen LogP contribution < -0.4 is 5.73 Å². The molecule has 2 N–H and O–H groups in total. The molecule has 0 spiro atoms. The fourth-order valence-corrected chi connectivity index (χ4v) is 2.12. The Kier molecular flexibility index (Phi) is 3.53. The quantitative estimate of drug-likeness (QED) is 0.689. The third kappa shape index (κ3) is 2.20. The van der Waals surface area contributed by atoms with E-state index in [2.05, 4.69) is 25.8 Å². The van der Waals surface area contributed by atoms with Gasteiger partial charge in [0.15, 0.2) is 0 Å². The van der Waals surface area contributed by atoms with Gasteiger partial charge in [0.25, 0.3) is 0 Å². The molecule has 0 radical (unpaired) electrons. The van der Waals surface area contributed by atoms with Crippen LogP contribution in [0.5, 0.6) is 0 Å². The zero-order valence-electron chi connectivity index (χ0n) is 8.59. The summed E-state index contributed by atoms with van der Waals surface area (Å²) in [5, 5.41) is 0. The summed E-state index contributed by atoms with van der Waals surface area (Å²) in [4.78, 5) is 2.48. The summed E-state index contributed by atoms with van der Waals surface area (Å²) >= 11 is 0. The maximum absolute atomic E-state index is 5.67. The molecule has 1 aliphatic rings. The Hall–Kier alpha value is -0.0800. The molecule has 2 nitrogen and oxygen atoms in total. The molecule has 1 fully saturated rings. The highest BCUT2D eigenvalue weighted by molar-refractivity contribution is 4.88. The number of nitrogens with two attached hydrogens (primary N) is 1.